The molecule has 1 fully saturated rings. The molecule has 0 spiro atoms. The van der Waals surface area contributed by atoms with Gasteiger partial charge < -0.3 is 31.4 Å². The van der Waals surface area contributed by atoms with E-state index in [1.54, 1.807) is 0 Å². The van der Waals surface area contributed by atoms with Crippen LogP contribution < -0.4 is 16.4 Å². The van der Waals surface area contributed by atoms with Crippen LogP contribution in [-0.2, 0) is 25.6 Å². The molecule has 1 saturated heterocycles. The number of carboxylic acid groups (broad SMARTS) is 1. The smallest absolute Gasteiger partial charge is 0.326 e. The van der Waals surface area contributed by atoms with Crippen molar-refractivity contribution in [2.24, 2.45) is 5.73 Å². The van der Waals surface area contributed by atoms with Gasteiger partial charge in [0.15, 0.2) is 0 Å². The molecule has 1 aliphatic rings. The van der Waals surface area contributed by atoms with Crippen LogP contribution in [0.15, 0.2) is 12.5 Å². The number of rotatable bonds is 9. The lowest BCUT2D eigenvalue weighted by atomic mass is 10.1. The standard InChI is InChI=1S/C16H24N6O5S/c17-5-13(23)20-11(7-28)14(24)21-10(4-9-6-18-8-19-9)15(25)22-3-1-2-12(22)16(26)27/h6,8,10-12,28H,1-5,7,17H2,(H,18,19)(H,20,23)(H,21,24)(H,26,27). The Morgan fingerprint density at radius 1 is 1.36 bits per heavy atom. The summed E-state index contributed by atoms with van der Waals surface area (Å²) in [6, 6.07) is -2.93. The Morgan fingerprint density at radius 3 is 2.68 bits per heavy atom. The van der Waals surface area contributed by atoms with Crippen LogP contribution in [0.5, 0.6) is 0 Å². The fourth-order valence-electron chi connectivity index (χ4n) is 3.02. The molecule has 6 N–H and O–H groups in total. The van der Waals surface area contributed by atoms with Crippen LogP contribution in [0.1, 0.15) is 18.5 Å². The highest BCUT2D eigenvalue weighted by Crippen LogP contribution is 2.19. The average Bonchev–Trinajstić information content (AvgIpc) is 3.36. The third-order valence-corrected chi connectivity index (χ3v) is 4.80. The molecular weight excluding hydrogens is 388 g/mol. The Balaban J connectivity index is 2.16. The number of H-pyrrole nitrogens is 1. The van der Waals surface area contributed by atoms with Crippen LogP contribution in [0.3, 0.4) is 0 Å². The van der Waals surface area contributed by atoms with Crippen LogP contribution in [-0.4, -0.2) is 80.6 Å². The molecule has 0 radical (unpaired) electrons. The first-order valence-corrected chi connectivity index (χ1v) is 9.41. The van der Waals surface area contributed by atoms with Gasteiger partial charge in [-0.1, -0.05) is 0 Å². The molecule has 0 bridgehead atoms. The predicted octanol–water partition coefficient (Wildman–Crippen LogP) is -2.11. The predicted molar refractivity (Wildman–Crippen MR) is 101 cm³/mol. The van der Waals surface area contributed by atoms with E-state index in [4.69, 9.17) is 5.73 Å². The summed E-state index contributed by atoms with van der Waals surface area (Å²) < 4.78 is 0. The van der Waals surface area contributed by atoms with Crippen molar-refractivity contribution in [1.29, 1.82) is 0 Å². The van der Waals surface area contributed by atoms with Crippen LogP contribution in [0, 0.1) is 0 Å². The molecule has 1 aromatic heterocycles. The zero-order valence-corrected chi connectivity index (χ0v) is 16.0. The van der Waals surface area contributed by atoms with Gasteiger partial charge >= 0.3 is 5.97 Å². The Bertz CT molecular complexity index is 712. The summed E-state index contributed by atoms with van der Waals surface area (Å²) in [6.07, 6.45) is 3.97. The van der Waals surface area contributed by atoms with Crippen LogP contribution in [0.2, 0.25) is 0 Å². The number of hydrogen-bond donors (Lipinski definition) is 6. The molecule has 0 saturated carbocycles. The maximum atomic E-state index is 13.0. The number of thiol groups is 1. The van der Waals surface area contributed by atoms with Gasteiger partial charge in [-0.2, -0.15) is 12.6 Å². The van der Waals surface area contributed by atoms with Crippen molar-refractivity contribution in [1.82, 2.24) is 25.5 Å². The monoisotopic (exact) mass is 412 g/mol. The van der Waals surface area contributed by atoms with Crippen molar-refractivity contribution in [2.75, 3.05) is 18.8 Å². The molecule has 3 amide bonds. The number of nitrogens with zero attached hydrogens (tertiary/aromatic N) is 2. The number of aromatic amines is 1. The zero-order chi connectivity index (χ0) is 20.7. The molecule has 3 unspecified atom stereocenters. The molecule has 154 valence electrons. The maximum Gasteiger partial charge on any atom is 0.326 e. The fourth-order valence-corrected chi connectivity index (χ4v) is 3.28. The van der Waals surface area contributed by atoms with Gasteiger partial charge in [0.25, 0.3) is 0 Å². The minimum atomic E-state index is -1.08. The Labute approximate surface area is 166 Å². The highest BCUT2D eigenvalue weighted by Gasteiger charge is 2.38. The molecule has 1 aliphatic heterocycles. The lowest BCUT2D eigenvalue weighted by Crippen LogP contribution is -2.57. The summed E-state index contributed by atoms with van der Waals surface area (Å²) >= 11 is 4.05. The van der Waals surface area contributed by atoms with Gasteiger partial charge in [-0.3, -0.25) is 14.4 Å². The van der Waals surface area contributed by atoms with E-state index in [2.05, 4.69) is 33.2 Å². The number of amides is 3. The van der Waals surface area contributed by atoms with E-state index >= 15 is 0 Å². The Hall–Kier alpha value is -2.60. The van der Waals surface area contributed by atoms with Gasteiger partial charge in [-0.15, -0.1) is 0 Å². The van der Waals surface area contributed by atoms with Gasteiger partial charge in [-0.05, 0) is 12.8 Å². The van der Waals surface area contributed by atoms with Crippen LogP contribution in [0.25, 0.3) is 0 Å². The number of likely N-dealkylation sites (tertiary alicyclic amines) is 1. The summed E-state index contributed by atoms with van der Waals surface area (Å²) in [4.78, 5) is 56.5. The molecular formula is C16H24N6O5S. The lowest BCUT2D eigenvalue weighted by Gasteiger charge is -2.28. The van der Waals surface area contributed by atoms with Crippen molar-refractivity contribution < 1.29 is 24.3 Å². The number of hydrogen-bond acceptors (Lipinski definition) is 7. The number of imidazole rings is 1. The first-order valence-electron chi connectivity index (χ1n) is 8.78. The molecule has 0 aromatic carbocycles. The molecule has 1 aromatic rings. The number of nitrogens with two attached hydrogens (primary N) is 1. The van der Waals surface area contributed by atoms with E-state index in [0.29, 0.717) is 25.1 Å². The van der Waals surface area contributed by atoms with E-state index < -0.39 is 41.8 Å². The Kier molecular flexibility index (Phi) is 7.81. The third kappa shape index (κ3) is 5.45. The largest absolute Gasteiger partial charge is 0.480 e. The lowest BCUT2D eigenvalue weighted by molar-refractivity contribution is -0.149. The number of aliphatic carboxylic acids is 1. The second kappa shape index (κ2) is 10.1. The van der Waals surface area contributed by atoms with Crippen LogP contribution >= 0.6 is 12.6 Å². The van der Waals surface area contributed by atoms with Gasteiger partial charge in [0.2, 0.25) is 17.7 Å². The second-order valence-corrected chi connectivity index (χ2v) is 6.74. The summed E-state index contributed by atoms with van der Waals surface area (Å²) in [5.74, 6) is -2.72. The molecule has 2 heterocycles. The second-order valence-electron chi connectivity index (χ2n) is 6.38. The summed E-state index contributed by atoms with van der Waals surface area (Å²) in [5.41, 5.74) is 5.84. The fraction of sp³-hybridized carbons (Fsp3) is 0.562. The average molecular weight is 412 g/mol. The number of carboxylic acids is 1. The molecule has 11 nitrogen and oxygen atoms in total. The summed E-state index contributed by atoms with van der Waals surface area (Å²) in [7, 11) is 0. The first kappa shape index (κ1) is 21.7. The normalized spacial score (nSPS) is 18.4. The van der Waals surface area contributed by atoms with E-state index in [1.807, 2.05) is 0 Å². The SMILES string of the molecule is NCC(=O)NC(CS)C(=O)NC(Cc1cnc[nH]1)C(=O)N1CCCC1C(=O)O. The van der Waals surface area contributed by atoms with Gasteiger partial charge in [-0.25, -0.2) is 9.78 Å². The van der Waals surface area contributed by atoms with Crippen molar-refractivity contribution in [3.8, 4) is 0 Å². The quantitative estimate of drug-likeness (QED) is 0.252. The van der Waals surface area contributed by atoms with Crippen molar-refractivity contribution >= 4 is 36.3 Å². The number of aromatic nitrogens is 2. The minimum absolute atomic E-state index is 0.00397. The number of carbonyl (C=O) groups excluding carboxylic acids is 3. The molecule has 3 atom stereocenters. The summed E-state index contributed by atoms with van der Waals surface area (Å²) in [5, 5.41) is 14.4. The highest BCUT2D eigenvalue weighted by atomic mass is 32.1. The highest BCUT2D eigenvalue weighted by molar-refractivity contribution is 7.80. The van der Waals surface area contributed by atoms with Gasteiger partial charge in [0.05, 0.1) is 12.9 Å². The Morgan fingerprint density at radius 2 is 2.11 bits per heavy atom. The molecule has 12 heteroatoms. The molecule has 0 aliphatic carbocycles. The van der Waals surface area contributed by atoms with E-state index in [-0.39, 0.29) is 18.7 Å². The van der Waals surface area contributed by atoms with Crippen LogP contribution in [0.4, 0.5) is 0 Å². The number of nitrogens with one attached hydrogen (secondary N) is 3. The minimum Gasteiger partial charge on any atom is -0.480 e. The number of carbonyl (C=O) groups is 4. The van der Waals surface area contributed by atoms with E-state index in [1.165, 1.54) is 17.4 Å². The third-order valence-electron chi connectivity index (χ3n) is 4.43. The molecule has 2 rings (SSSR count). The van der Waals surface area contributed by atoms with Crippen molar-refractivity contribution in [3.05, 3.63) is 18.2 Å². The summed E-state index contributed by atoms with van der Waals surface area (Å²) in [6.45, 7) is 0.00713. The maximum absolute atomic E-state index is 13.0. The van der Waals surface area contributed by atoms with E-state index in [0.717, 1.165) is 0 Å². The first-order chi connectivity index (χ1) is 13.4. The van der Waals surface area contributed by atoms with E-state index in [9.17, 15) is 24.3 Å². The van der Waals surface area contributed by atoms with Crippen molar-refractivity contribution in [3.63, 3.8) is 0 Å². The topological polar surface area (TPSA) is 171 Å². The van der Waals surface area contributed by atoms with Gasteiger partial charge in [0, 0.05) is 30.6 Å². The molecule has 28 heavy (non-hydrogen) atoms. The van der Waals surface area contributed by atoms with Crippen molar-refractivity contribution in [2.45, 2.75) is 37.4 Å². The zero-order valence-electron chi connectivity index (χ0n) is 15.1. The van der Waals surface area contributed by atoms with Gasteiger partial charge in [0.1, 0.15) is 18.1 Å².